The minimum Gasteiger partial charge on any atom is -0.449 e. The molecule has 0 saturated carbocycles. The molecule has 0 radical (unpaired) electrons. The molecule has 0 amide bonds. The molecule has 3 aromatic rings. The number of hydrogen-bond donors (Lipinski definition) is 2. The summed E-state index contributed by atoms with van der Waals surface area (Å²) < 4.78 is 5.80. The van der Waals surface area contributed by atoms with Gasteiger partial charge in [0.05, 0.1) is 23.3 Å². The fourth-order valence-electron chi connectivity index (χ4n) is 3.04. The summed E-state index contributed by atoms with van der Waals surface area (Å²) in [7, 11) is 0. The van der Waals surface area contributed by atoms with Gasteiger partial charge in [0.25, 0.3) is 5.56 Å². The Morgan fingerprint density at radius 3 is 2.75 bits per heavy atom. The molecule has 1 aromatic carbocycles. The molecule has 2 N–H and O–H groups in total. The van der Waals surface area contributed by atoms with Crippen LogP contribution in [0, 0.1) is 0 Å². The van der Waals surface area contributed by atoms with Crippen LogP contribution < -0.4 is 10.3 Å². The molecule has 0 saturated heterocycles. The summed E-state index contributed by atoms with van der Waals surface area (Å²) in [5.41, 5.74) is 2.79. The summed E-state index contributed by atoms with van der Waals surface area (Å²) in [6, 6.07) is 3.88. The highest BCUT2D eigenvalue weighted by molar-refractivity contribution is 5.80. The van der Waals surface area contributed by atoms with Gasteiger partial charge in [0.15, 0.2) is 5.75 Å². The normalized spacial score (nSPS) is 13.7. The van der Waals surface area contributed by atoms with Crippen LogP contribution in [0.25, 0.3) is 16.9 Å². The van der Waals surface area contributed by atoms with Gasteiger partial charge in [0, 0.05) is 0 Å². The van der Waals surface area contributed by atoms with Gasteiger partial charge in [-0.2, -0.15) is 5.10 Å². The Balaban J connectivity index is 1.81. The van der Waals surface area contributed by atoms with E-state index < -0.39 is 6.16 Å². The molecule has 2 aromatic heterocycles. The lowest BCUT2D eigenvalue weighted by Crippen LogP contribution is -2.15. The van der Waals surface area contributed by atoms with Crippen molar-refractivity contribution in [2.75, 3.05) is 0 Å². The molecule has 4 rings (SSSR count). The predicted molar refractivity (Wildman–Crippen MR) is 84.8 cm³/mol. The van der Waals surface area contributed by atoms with Gasteiger partial charge in [-0.3, -0.25) is 9.78 Å². The second-order valence-electron chi connectivity index (χ2n) is 5.72. The summed E-state index contributed by atoms with van der Waals surface area (Å²) in [6.07, 6.45) is 5.42. The maximum Gasteiger partial charge on any atom is 0.511 e. The molecule has 1 aliphatic rings. The van der Waals surface area contributed by atoms with Gasteiger partial charge in [-0.15, -0.1) is 0 Å². The predicted octanol–water partition coefficient (Wildman–Crippen LogP) is 2.04. The van der Waals surface area contributed by atoms with Crippen LogP contribution in [0.1, 0.15) is 24.0 Å². The molecule has 0 unspecified atom stereocenters. The number of H-pyrrole nitrogens is 1. The highest BCUT2D eigenvalue weighted by Crippen LogP contribution is 2.24. The zero-order chi connectivity index (χ0) is 16.7. The molecule has 0 spiro atoms. The molecular weight excluding hydrogens is 312 g/mol. The first kappa shape index (κ1) is 14.4. The van der Waals surface area contributed by atoms with Crippen LogP contribution in [0.2, 0.25) is 0 Å². The Bertz CT molecular complexity index is 1000. The first-order valence-corrected chi connectivity index (χ1v) is 7.62. The molecule has 8 heteroatoms. The number of nitrogens with zero attached hydrogens (tertiary/aromatic N) is 3. The Morgan fingerprint density at radius 1 is 1.25 bits per heavy atom. The SMILES string of the molecule is O=C(O)Oc1cnn(-c2nc3cc4c(cc3c(=O)[nH]2)CCCC4)c1. The zero-order valence-electron chi connectivity index (χ0n) is 12.7. The Labute approximate surface area is 135 Å². The average Bonchev–Trinajstić information content (AvgIpc) is 3.01. The van der Waals surface area contributed by atoms with Crippen molar-refractivity contribution in [1.29, 1.82) is 0 Å². The molecule has 0 bridgehead atoms. The van der Waals surface area contributed by atoms with Crippen molar-refractivity contribution < 1.29 is 14.6 Å². The van der Waals surface area contributed by atoms with E-state index in [-0.39, 0.29) is 17.3 Å². The number of benzene rings is 1. The highest BCUT2D eigenvalue weighted by Gasteiger charge is 2.14. The van der Waals surface area contributed by atoms with Gasteiger partial charge in [-0.1, -0.05) is 0 Å². The fourth-order valence-corrected chi connectivity index (χ4v) is 3.04. The third kappa shape index (κ3) is 2.51. The van der Waals surface area contributed by atoms with E-state index in [1.807, 2.05) is 12.1 Å². The molecule has 2 heterocycles. The third-order valence-electron chi connectivity index (χ3n) is 4.14. The maximum absolute atomic E-state index is 12.4. The molecule has 8 nitrogen and oxygen atoms in total. The van der Waals surface area contributed by atoms with Crippen molar-refractivity contribution in [2.45, 2.75) is 25.7 Å². The lowest BCUT2D eigenvalue weighted by molar-refractivity contribution is 0.144. The van der Waals surface area contributed by atoms with Crippen LogP contribution in [0.4, 0.5) is 4.79 Å². The topological polar surface area (TPSA) is 110 Å². The van der Waals surface area contributed by atoms with E-state index >= 15 is 0 Å². The van der Waals surface area contributed by atoms with E-state index in [9.17, 15) is 9.59 Å². The van der Waals surface area contributed by atoms with E-state index in [2.05, 4.69) is 19.8 Å². The highest BCUT2D eigenvalue weighted by atomic mass is 16.7. The van der Waals surface area contributed by atoms with E-state index in [4.69, 9.17) is 5.11 Å². The fraction of sp³-hybridized carbons (Fsp3) is 0.250. The Kier molecular flexibility index (Phi) is 3.30. The standard InChI is InChI=1S/C16H14N4O4/c21-14-12-5-9-3-1-2-4-10(9)6-13(12)18-15(19-14)20-8-11(7-17-20)24-16(22)23/h5-8H,1-4H2,(H,22,23)(H,18,19,21). The lowest BCUT2D eigenvalue weighted by Gasteiger charge is -2.16. The monoisotopic (exact) mass is 326 g/mol. The summed E-state index contributed by atoms with van der Waals surface area (Å²) in [5.74, 6) is 0.263. The summed E-state index contributed by atoms with van der Waals surface area (Å²) in [5, 5.41) is 13.1. The number of aromatic nitrogens is 4. The van der Waals surface area contributed by atoms with Gasteiger partial charge in [0.1, 0.15) is 0 Å². The number of carboxylic acid groups (broad SMARTS) is 1. The zero-order valence-corrected chi connectivity index (χ0v) is 12.7. The number of carbonyl (C=O) groups is 1. The lowest BCUT2D eigenvalue weighted by atomic mass is 9.90. The summed E-state index contributed by atoms with van der Waals surface area (Å²) in [4.78, 5) is 30.0. The minimum atomic E-state index is -1.43. The number of rotatable bonds is 2. The van der Waals surface area contributed by atoms with E-state index in [0.717, 1.165) is 25.7 Å². The second kappa shape index (κ2) is 5.48. The summed E-state index contributed by atoms with van der Waals surface area (Å²) in [6.45, 7) is 0. The van der Waals surface area contributed by atoms with Crippen molar-refractivity contribution >= 4 is 17.1 Å². The smallest absolute Gasteiger partial charge is 0.449 e. The number of hydrogen-bond acceptors (Lipinski definition) is 5. The van der Waals surface area contributed by atoms with Crippen molar-refractivity contribution in [2.24, 2.45) is 0 Å². The minimum absolute atomic E-state index is 0.0516. The number of aryl methyl sites for hydroxylation is 2. The first-order valence-electron chi connectivity index (χ1n) is 7.62. The van der Waals surface area contributed by atoms with E-state index in [0.29, 0.717) is 10.9 Å². The van der Waals surface area contributed by atoms with E-state index in [1.165, 1.54) is 28.2 Å². The number of aromatic amines is 1. The molecule has 0 fully saturated rings. The maximum atomic E-state index is 12.4. The molecule has 0 aliphatic heterocycles. The van der Waals surface area contributed by atoms with Crippen molar-refractivity contribution in [3.05, 3.63) is 46.0 Å². The number of ether oxygens (including phenoxy) is 1. The van der Waals surface area contributed by atoms with Gasteiger partial charge >= 0.3 is 6.16 Å². The molecule has 1 aliphatic carbocycles. The Hall–Kier alpha value is -3.16. The van der Waals surface area contributed by atoms with E-state index in [1.54, 1.807) is 0 Å². The van der Waals surface area contributed by atoms with Gasteiger partial charge < -0.3 is 9.84 Å². The first-order chi connectivity index (χ1) is 11.6. The number of nitrogens with one attached hydrogen (secondary N) is 1. The van der Waals surface area contributed by atoms with Crippen molar-refractivity contribution in [3.8, 4) is 11.7 Å². The van der Waals surface area contributed by atoms with Crippen LogP contribution in [-0.2, 0) is 12.8 Å². The van der Waals surface area contributed by atoms with Crippen molar-refractivity contribution in [1.82, 2.24) is 19.7 Å². The summed E-state index contributed by atoms with van der Waals surface area (Å²) >= 11 is 0. The molecule has 24 heavy (non-hydrogen) atoms. The molecule has 122 valence electrons. The second-order valence-corrected chi connectivity index (χ2v) is 5.72. The van der Waals surface area contributed by atoms with Crippen molar-refractivity contribution in [3.63, 3.8) is 0 Å². The molecule has 0 atom stereocenters. The average molecular weight is 326 g/mol. The van der Waals surface area contributed by atoms with Gasteiger partial charge in [-0.05, 0) is 48.9 Å². The van der Waals surface area contributed by atoms with Gasteiger partial charge in [0.2, 0.25) is 5.95 Å². The third-order valence-corrected chi connectivity index (χ3v) is 4.14. The van der Waals surface area contributed by atoms with Crippen LogP contribution in [0.15, 0.2) is 29.3 Å². The van der Waals surface area contributed by atoms with Crippen LogP contribution in [0.5, 0.6) is 5.75 Å². The quantitative estimate of drug-likeness (QED) is 0.697. The van der Waals surface area contributed by atoms with Crippen LogP contribution in [0.3, 0.4) is 0 Å². The van der Waals surface area contributed by atoms with Crippen LogP contribution >= 0.6 is 0 Å². The van der Waals surface area contributed by atoms with Gasteiger partial charge in [-0.25, -0.2) is 14.5 Å². The largest absolute Gasteiger partial charge is 0.511 e. The van der Waals surface area contributed by atoms with Crippen LogP contribution in [-0.4, -0.2) is 31.0 Å². The number of fused-ring (bicyclic) bond motifs is 2. The Morgan fingerprint density at radius 2 is 2.00 bits per heavy atom. The molecular formula is C16H14N4O4.